The molecule has 1 amide bonds. The van der Waals surface area contributed by atoms with Crippen LogP contribution in [0.3, 0.4) is 0 Å². The topological polar surface area (TPSA) is 60.5 Å². The molecule has 0 aliphatic carbocycles. The molecule has 1 heterocycles. The summed E-state index contributed by atoms with van der Waals surface area (Å²) in [7, 11) is 1.35. The first kappa shape index (κ1) is 18.4. The number of hydrogen-bond donors (Lipinski definition) is 1. The van der Waals surface area contributed by atoms with Crippen LogP contribution in [0.15, 0.2) is 48.7 Å². The van der Waals surface area contributed by atoms with E-state index in [1.165, 1.54) is 25.3 Å². The van der Waals surface area contributed by atoms with E-state index < -0.39 is 6.61 Å². The second-order valence-electron chi connectivity index (χ2n) is 5.11. The van der Waals surface area contributed by atoms with Crippen molar-refractivity contribution in [2.24, 2.45) is 0 Å². The highest BCUT2D eigenvalue weighted by Gasteiger charge is 2.11. The van der Waals surface area contributed by atoms with Crippen LogP contribution in [0.5, 0.6) is 11.5 Å². The van der Waals surface area contributed by atoms with Crippen molar-refractivity contribution in [1.82, 2.24) is 10.3 Å². The van der Waals surface area contributed by atoms with Gasteiger partial charge in [0.25, 0.3) is 0 Å². The van der Waals surface area contributed by atoms with E-state index in [2.05, 4.69) is 15.0 Å². The quantitative estimate of drug-likeness (QED) is 0.777. The zero-order valence-electron chi connectivity index (χ0n) is 13.8. The molecule has 2 aromatic rings. The van der Waals surface area contributed by atoms with Gasteiger partial charge in [0.05, 0.1) is 18.8 Å². The predicted molar refractivity (Wildman–Crippen MR) is 89.5 cm³/mol. The van der Waals surface area contributed by atoms with Crippen LogP contribution in [-0.4, -0.2) is 24.6 Å². The Morgan fingerprint density at radius 1 is 1.24 bits per heavy atom. The molecule has 5 nitrogen and oxygen atoms in total. The Morgan fingerprint density at radius 3 is 2.68 bits per heavy atom. The summed E-state index contributed by atoms with van der Waals surface area (Å²) in [6.07, 6.45) is 4.56. The minimum atomic E-state index is -2.94. The number of halogens is 2. The molecule has 0 bridgehead atoms. The molecule has 132 valence electrons. The number of nitrogens with zero attached hydrogens (tertiary/aromatic N) is 1. The molecule has 0 radical (unpaired) electrons. The van der Waals surface area contributed by atoms with Gasteiger partial charge in [0.1, 0.15) is 0 Å². The highest BCUT2D eigenvalue weighted by atomic mass is 19.3. The first-order valence-corrected chi connectivity index (χ1v) is 7.52. The summed E-state index contributed by atoms with van der Waals surface area (Å²) in [5, 5.41) is 2.79. The largest absolute Gasteiger partial charge is 0.493 e. The van der Waals surface area contributed by atoms with Crippen LogP contribution in [0.25, 0.3) is 6.08 Å². The van der Waals surface area contributed by atoms with Crippen LogP contribution in [0.2, 0.25) is 0 Å². The Balaban J connectivity index is 2.02. The lowest BCUT2D eigenvalue weighted by Crippen LogP contribution is -2.25. The molecule has 25 heavy (non-hydrogen) atoms. The number of ether oxygens (including phenoxy) is 2. The van der Waals surface area contributed by atoms with E-state index in [9.17, 15) is 13.6 Å². The van der Waals surface area contributed by atoms with Crippen LogP contribution in [0.1, 0.15) is 24.2 Å². The van der Waals surface area contributed by atoms with Crippen LogP contribution >= 0.6 is 0 Å². The molecule has 0 aliphatic heterocycles. The average molecular weight is 348 g/mol. The third-order valence-electron chi connectivity index (χ3n) is 3.32. The Labute approximate surface area is 144 Å². The van der Waals surface area contributed by atoms with Gasteiger partial charge in [0.2, 0.25) is 5.91 Å². The number of benzene rings is 1. The second-order valence-corrected chi connectivity index (χ2v) is 5.11. The summed E-state index contributed by atoms with van der Waals surface area (Å²) < 4.78 is 34.0. The van der Waals surface area contributed by atoms with E-state index in [0.717, 1.165) is 5.69 Å². The van der Waals surface area contributed by atoms with Gasteiger partial charge >= 0.3 is 6.61 Å². The molecule has 1 atom stereocenters. The molecule has 1 unspecified atom stereocenters. The molecule has 2 rings (SSSR count). The molecule has 1 aromatic heterocycles. The van der Waals surface area contributed by atoms with Crippen molar-refractivity contribution < 1.29 is 23.0 Å². The van der Waals surface area contributed by atoms with E-state index in [-0.39, 0.29) is 23.4 Å². The standard InChI is InChI=1S/C18H18F2N2O3/c1-12(14-5-3-4-10-21-14)22-17(23)9-7-13-6-8-15(25-18(19)20)16(11-13)24-2/h3-12,18H,1-2H3,(H,22,23)/b9-7+. The predicted octanol–water partition coefficient (Wildman–Crippen LogP) is 3.58. The third kappa shape index (κ3) is 5.56. The van der Waals surface area contributed by atoms with Gasteiger partial charge in [0, 0.05) is 12.3 Å². The normalized spacial score (nSPS) is 12.2. The molecule has 0 saturated heterocycles. The maximum atomic E-state index is 12.3. The monoisotopic (exact) mass is 348 g/mol. The lowest BCUT2D eigenvalue weighted by atomic mass is 10.1. The van der Waals surface area contributed by atoms with Crippen molar-refractivity contribution in [3.05, 3.63) is 59.9 Å². The number of nitrogens with one attached hydrogen (secondary N) is 1. The number of aromatic nitrogens is 1. The summed E-state index contributed by atoms with van der Waals surface area (Å²) in [6, 6.07) is 9.63. The van der Waals surface area contributed by atoms with Crippen molar-refractivity contribution in [2.45, 2.75) is 19.6 Å². The number of methoxy groups -OCH3 is 1. The second kappa shape index (κ2) is 8.77. The molecular weight excluding hydrogens is 330 g/mol. The molecule has 0 saturated carbocycles. The number of alkyl halides is 2. The fourth-order valence-corrected chi connectivity index (χ4v) is 2.12. The average Bonchev–Trinajstić information content (AvgIpc) is 2.61. The van der Waals surface area contributed by atoms with Gasteiger partial charge in [-0.2, -0.15) is 8.78 Å². The molecule has 0 spiro atoms. The number of amides is 1. The molecule has 1 N–H and O–H groups in total. The fourth-order valence-electron chi connectivity index (χ4n) is 2.12. The van der Waals surface area contributed by atoms with E-state index >= 15 is 0 Å². The van der Waals surface area contributed by atoms with Gasteiger partial charge < -0.3 is 14.8 Å². The summed E-state index contributed by atoms with van der Waals surface area (Å²) in [6.45, 7) is -1.11. The zero-order valence-corrected chi connectivity index (χ0v) is 13.8. The molecule has 7 heteroatoms. The van der Waals surface area contributed by atoms with E-state index in [4.69, 9.17) is 4.74 Å². The highest BCUT2D eigenvalue weighted by Crippen LogP contribution is 2.29. The third-order valence-corrected chi connectivity index (χ3v) is 3.32. The number of carbonyl (C=O) groups excluding carboxylic acids is 1. The van der Waals surface area contributed by atoms with Gasteiger partial charge in [-0.25, -0.2) is 0 Å². The van der Waals surface area contributed by atoms with Crippen LogP contribution in [0.4, 0.5) is 8.78 Å². The van der Waals surface area contributed by atoms with E-state index in [0.29, 0.717) is 5.56 Å². The molecule has 0 aliphatic rings. The van der Waals surface area contributed by atoms with Gasteiger partial charge in [-0.3, -0.25) is 9.78 Å². The summed E-state index contributed by atoms with van der Waals surface area (Å²) in [5.41, 5.74) is 1.36. The van der Waals surface area contributed by atoms with E-state index in [1.54, 1.807) is 24.4 Å². The molecule has 0 fully saturated rings. The smallest absolute Gasteiger partial charge is 0.387 e. The number of hydrogen-bond acceptors (Lipinski definition) is 4. The van der Waals surface area contributed by atoms with Crippen molar-refractivity contribution >= 4 is 12.0 Å². The minimum Gasteiger partial charge on any atom is -0.493 e. The SMILES string of the molecule is COc1cc(/C=C/C(=O)NC(C)c2ccccn2)ccc1OC(F)F. The lowest BCUT2D eigenvalue weighted by Gasteiger charge is -2.11. The van der Waals surface area contributed by atoms with E-state index in [1.807, 2.05) is 19.1 Å². The summed E-state index contributed by atoms with van der Waals surface area (Å²) in [5.74, 6) is -0.211. The highest BCUT2D eigenvalue weighted by molar-refractivity contribution is 5.92. The lowest BCUT2D eigenvalue weighted by molar-refractivity contribution is -0.117. The van der Waals surface area contributed by atoms with Crippen molar-refractivity contribution in [1.29, 1.82) is 0 Å². The maximum Gasteiger partial charge on any atom is 0.387 e. The Morgan fingerprint density at radius 2 is 2.04 bits per heavy atom. The van der Waals surface area contributed by atoms with Gasteiger partial charge in [-0.05, 0) is 42.8 Å². The fraction of sp³-hybridized carbons (Fsp3) is 0.222. The minimum absolute atomic E-state index is 0.0668. The maximum absolute atomic E-state index is 12.3. The van der Waals surface area contributed by atoms with Crippen molar-refractivity contribution in [3.63, 3.8) is 0 Å². The van der Waals surface area contributed by atoms with Crippen molar-refractivity contribution in [3.8, 4) is 11.5 Å². The zero-order chi connectivity index (χ0) is 18.2. The first-order valence-electron chi connectivity index (χ1n) is 7.52. The first-order chi connectivity index (χ1) is 12.0. The number of rotatable bonds is 7. The van der Waals surface area contributed by atoms with Crippen LogP contribution < -0.4 is 14.8 Å². The Kier molecular flexibility index (Phi) is 6.45. The van der Waals surface area contributed by atoms with Gasteiger partial charge in [-0.1, -0.05) is 12.1 Å². The van der Waals surface area contributed by atoms with Gasteiger partial charge in [0.15, 0.2) is 11.5 Å². The van der Waals surface area contributed by atoms with Crippen molar-refractivity contribution in [2.75, 3.05) is 7.11 Å². The van der Waals surface area contributed by atoms with Crippen LogP contribution in [-0.2, 0) is 4.79 Å². The number of carbonyl (C=O) groups is 1. The Hall–Kier alpha value is -2.96. The Bertz CT molecular complexity index is 736. The van der Waals surface area contributed by atoms with Crippen LogP contribution in [0, 0.1) is 0 Å². The molecule has 1 aromatic carbocycles. The molecular formula is C18H18F2N2O3. The van der Waals surface area contributed by atoms with Gasteiger partial charge in [-0.15, -0.1) is 0 Å². The summed E-state index contributed by atoms with van der Waals surface area (Å²) >= 11 is 0. The number of pyridine rings is 1. The summed E-state index contributed by atoms with van der Waals surface area (Å²) in [4.78, 5) is 16.2.